The third-order valence-electron chi connectivity index (χ3n) is 2.88. The molecule has 2 heteroatoms. The molecule has 0 aliphatic carbocycles. The Balaban J connectivity index is 2.29. The van der Waals surface area contributed by atoms with E-state index in [1.807, 2.05) is 0 Å². The Morgan fingerprint density at radius 1 is 1.50 bits per heavy atom. The van der Waals surface area contributed by atoms with Crippen LogP contribution in [0.4, 0.5) is 5.69 Å². The quantitative estimate of drug-likeness (QED) is 0.768. The summed E-state index contributed by atoms with van der Waals surface area (Å²) in [5, 5.41) is 3.43. The summed E-state index contributed by atoms with van der Waals surface area (Å²) in [6.45, 7) is 3.24. The highest BCUT2D eigenvalue weighted by atomic mass is 14.9. The Kier molecular flexibility index (Phi) is 2.73. The van der Waals surface area contributed by atoms with Crippen molar-refractivity contribution in [3.8, 4) is 0 Å². The smallest absolute Gasteiger partial charge is 0.0421 e. The summed E-state index contributed by atoms with van der Waals surface area (Å²) in [7, 11) is 0. The molecule has 0 bridgehead atoms. The minimum Gasteiger partial charge on any atom is -0.384 e. The van der Waals surface area contributed by atoms with Crippen molar-refractivity contribution in [2.24, 2.45) is 5.73 Å². The Hall–Kier alpha value is -1.02. The van der Waals surface area contributed by atoms with E-state index in [-0.39, 0.29) is 6.04 Å². The number of fused-ring (bicyclic) bond motifs is 1. The number of nitrogens with one attached hydrogen (secondary N) is 1. The van der Waals surface area contributed by atoms with E-state index in [0.717, 1.165) is 25.8 Å². The van der Waals surface area contributed by atoms with Crippen LogP contribution in [0, 0.1) is 0 Å². The van der Waals surface area contributed by atoms with Crippen molar-refractivity contribution >= 4 is 5.69 Å². The van der Waals surface area contributed by atoms with Gasteiger partial charge in [0.15, 0.2) is 0 Å². The maximum atomic E-state index is 6.14. The molecule has 2 nitrogen and oxygen atoms in total. The summed E-state index contributed by atoms with van der Waals surface area (Å²) in [5.74, 6) is 0. The summed E-state index contributed by atoms with van der Waals surface area (Å²) in [4.78, 5) is 0. The molecule has 1 aromatic carbocycles. The van der Waals surface area contributed by atoms with Gasteiger partial charge in [0.2, 0.25) is 0 Å². The zero-order valence-electron chi connectivity index (χ0n) is 8.72. The van der Waals surface area contributed by atoms with E-state index in [9.17, 15) is 0 Å². The second kappa shape index (κ2) is 4.01. The normalized spacial score (nSPS) is 16.1. The molecule has 0 amide bonds. The number of rotatable bonds is 3. The van der Waals surface area contributed by atoms with Gasteiger partial charge in [0.1, 0.15) is 0 Å². The van der Waals surface area contributed by atoms with Crippen LogP contribution in [0.15, 0.2) is 18.2 Å². The Bertz CT molecular complexity index is 320. The van der Waals surface area contributed by atoms with Crippen LogP contribution >= 0.6 is 0 Å². The highest BCUT2D eigenvalue weighted by Crippen LogP contribution is 2.31. The van der Waals surface area contributed by atoms with Crippen LogP contribution in [0.25, 0.3) is 0 Å². The second-order valence-electron chi connectivity index (χ2n) is 3.95. The highest BCUT2D eigenvalue weighted by molar-refractivity contribution is 5.62. The van der Waals surface area contributed by atoms with Gasteiger partial charge in [0, 0.05) is 18.3 Å². The van der Waals surface area contributed by atoms with Crippen LogP contribution in [0.3, 0.4) is 0 Å². The van der Waals surface area contributed by atoms with Gasteiger partial charge in [-0.05, 0) is 24.0 Å². The number of hydrogen-bond donors (Lipinski definition) is 2. The Labute approximate surface area is 85.5 Å². The van der Waals surface area contributed by atoms with E-state index in [2.05, 4.69) is 30.4 Å². The predicted molar refractivity (Wildman–Crippen MR) is 60.5 cm³/mol. The lowest BCUT2D eigenvalue weighted by molar-refractivity contribution is 0.640. The summed E-state index contributed by atoms with van der Waals surface area (Å²) in [5.41, 5.74) is 10.2. The van der Waals surface area contributed by atoms with Crippen molar-refractivity contribution in [1.82, 2.24) is 0 Å². The largest absolute Gasteiger partial charge is 0.384 e. The Morgan fingerprint density at radius 3 is 3.14 bits per heavy atom. The van der Waals surface area contributed by atoms with Gasteiger partial charge < -0.3 is 11.1 Å². The lowest BCUT2D eigenvalue weighted by Gasteiger charge is -2.15. The predicted octanol–water partition coefficient (Wildman–Crippen LogP) is 2.45. The van der Waals surface area contributed by atoms with Gasteiger partial charge in [-0.15, -0.1) is 0 Å². The fraction of sp³-hybridized carbons (Fsp3) is 0.500. The van der Waals surface area contributed by atoms with Gasteiger partial charge >= 0.3 is 0 Å². The van der Waals surface area contributed by atoms with E-state index >= 15 is 0 Å². The fourth-order valence-electron chi connectivity index (χ4n) is 2.14. The van der Waals surface area contributed by atoms with Crippen molar-refractivity contribution < 1.29 is 0 Å². The molecule has 1 heterocycles. The Morgan fingerprint density at radius 2 is 2.36 bits per heavy atom. The summed E-state index contributed by atoms with van der Waals surface area (Å²) in [6, 6.07) is 6.66. The molecule has 0 spiro atoms. The SMILES string of the molecule is CCC[C@H](N)c1cccc2c1NCC2. The third-order valence-corrected chi connectivity index (χ3v) is 2.88. The van der Waals surface area contributed by atoms with Crippen molar-refractivity contribution in [2.75, 3.05) is 11.9 Å². The lowest BCUT2D eigenvalue weighted by Crippen LogP contribution is -2.11. The first-order valence-corrected chi connectivity index (χ1v) is 5.44. The average Bonchev–Trinajstić information content (AvgIpc) is 2.65. The first-order valence-electron chi connectivity index (χ1n) is 5.44. The molecule has 1 aliphatic heterocycles. The molecule has 3 N–H and O–H groups in total. The minimum absolute atomic E-state index is 0.195. The molecule has 0 fully saturated rings. The van der Waals surface area contributed by atoms with Crippen molar-refractivity contribution in [2.45, 2.75) is 32.2 Å². The van der Waals surface area contributed by atoms with Crippen molar-refractivity contribution in [3.05, 3.63) is 29.3 Å². The van der Waals surface area contributed by atoms with Crippen LogP contribution < -0.4 is 11.1 Å². The van der Waals surface area contributed by atoms with Crippen LogP contribution in [0.1, 0.15) is 36.9 Å². The average molecular weight is 190 g/mol. The van der Waals surface area contributed by atoms with E-state index in [1.165, 1.54) is 16.8 Å². The highest BCUT2D eigenvalue weighted by Gasteiger charge is 2.16. The molecule has 1 aromatic rings. The van der Waals surface area contributed by atoms with Crippen LogP contribution in [0.2, 0.25) is 0 Å². The van der Waals surface area contributed by atoms with Gasteiger partial charge in [-0.1, -0.05) is 31.5 Å². The standard InChI is InChI=1S/C12H18N2/c1-2-4-11(13)10-6-3-5-9-7-8-14-12(9)10/h3,5-6,11,14H,2,4,7-8,13H2,1H3/t11-/m0/s1. The van der Waals surface area contributed by atoms with E-state index in [4.69, 9.17) is 5.73 Å². The molecular formula is C12H18N2. The molecule has 0 radical (unpaired) electrons. The van der Waals surface area contributed by atoms with Gasteiger partial charge in [-0.2, -0.15) is 0 Å². The molecule has 1 atom stereocenters. The number of hydrogen-bond acceptors (Lipinski definition) is 2. The summed E-state index contributed by atoms with van der Waals surface area (Å²) in [6.07, 6.45) is 3.35. The van der Waals surface area contributed by atoms with Crippen LogP contribution in [-0.2, 0) is 6.42 Å². The number of nitrogens with two attached hydrogens (primary N) is 1. The lowest BCUT2D eigenvalue weighted by atomic mass is 9.99. The molecule has 76 valence electrons. The van der Waals surface area contributed by atoms with Crippen molar-refractivity contribution in [1.29, 1.82) is 0 Å². The van der Waals surface area contributed by atoms with Gasteiger partial charge in [-0.25, -0.2) is 0 Å². The third kappa shape index (κ3) is 1.62. The summed E-state index contributed by atoms with van der Waals surface area (Å²) >= 11 is 0. The zero-order valence-corrected chi connectivity index (χ0v) is 8.72. The van der Waals surface area contributed by atoms with Crippen LogP contribution in [-0.4, -0.2) is 6.54 Å². The monoisotopic (exact) mass is 190 g/mol. The number of anilines is 1. The molecule has 1 aliphatic rings. The molecule has 0 aromatic heterocycles. The maximum Gasteiger partial charge on any atom is 0.0421 e. The molecule has 14 heavy (non-hydrogen) atoms. The molecular weight excluding hydrogens is 172 g/mol. The molecule has 2 rings (SSSR count). The van der Waals surface area contributed by atoms with E-state index in [1.54, 1.807) is 0 Å². The van der Waals surface area contributed by atoms with Gasteiger partial charge in [-0.3, -0.25) is 0 Å². The fourth-order valence-corrected chi connectivity index (χ4v) is 2.14. The first kappa shape index (κ1) is 9.53. The molecule has 0 unspecified atom stereocenters. The van der Waals surface area contributed by atoms with E-state index in [0.29, 0.717) is 0 Å². The van der Waals surface area contributed by atoms with Crippen LogP contribution in [0.5, 0.6) is 0 Å². The van der Waals surface area contributed by atoms with Crippen molar-refractivity contribution in [3.63, 3.8) is 0 Å². The summed E-state index contributed by atoms with van der Waals surface area (Å²) < 4.78 is 0. The van der Waals surface area contributed by atoms with E-state index < -0.39 is 0 Å². The maximum absolute atomic E-state index is 6.14. The number of benzene rings is 1. The molecule has 0 saturated heterocycles. The topological polar surface area (TPSA) is 38.0 Å². The minimum atomic E-state index is 0.195. The second-order valence-corrected chi connectivity index (χ2v) is 3.95. The van der Waals surface area contributed by atoms with Gasteiger partial charge in [0.05, 0.1) is 0 Å². The number of para-hydroxylation sites is 1. The first-order chi connectivity index (χ1) is 6.83. The zero-order chi connectivity index (χ0) is 9.97. The molecule has 0 saturated carbocycles. The van der Waals surface area contributed by atoms with Gasteiger partial charge in [0.25, 0.3) is 0 Å².